The molecule has 3 aromatic rings. The second kappa shape index (κ2) is 6.17. The van der Waals surface area contributed by atoms with Crippen LogP contribution in [0.25, 0.3) is 22.2 Å². The molecule has 0 saturated carbocycles. The average Bonchev–Trinajstić information content (AvgIpc) is 3.06. The van der Waals surface area contributed by atoms with Crippen LogP contribution in [0.15, 0.2) is 36.5 Å². The Labute approximate surface area is 141 Å². The molecule has 124 valence electrons. The van der Waals surface area contributed by atoms with Crippen molar-refractivity contribution < 1.29 is 5.11 Å². The highest BCUT2D eigenvalue weighted by Gasteiger charge is 2.16. The normalized spacial score (nSPS) is 15.7. The molecule has 1 aromatic carbocycles. The molecule has 24 heavy (non-hydrogen) atoms. The number of fused-ring (bicyclic) bond motifs is 1. The molecule has 0 radical (unpaired) electrons. The van der Waals surface area contributed by atoms with E-state index in [4.69, 9.17) is 4.98 Å². The summed E-state index contributed by atoms with van der Waals surface area (Å²) in [4.78, 5) is 7.90. The second-order valence-electron chi connectivity index (χ2n) is 6.48. The van der Waals surface area contributed by atoms with Gasteiger partial charge >= 0.3 is 0 Å². The number of anilines is 1. The van der Waals surface area contributed by atoms with Crippen molar-refractivity contribution >= 4 is 16.9 Å². The molecule has 4 rings (SSSR count). The minimum absolute atomic E-state index is 0.294. The predicted molar refractivity (Wildman–Crippen MR) is 97.4 cm³/mol. The summed E-state index contributed by atoms with van der Waals surface area (Å²) in [6.45, 7) is 4.11. The fraction of sp³-hybridized carbons (Fsp3) is 0.316. The van der Waals surface area contributed by atoms with Gasteiger partial charge in [0.25, 0.3) is 0 Å². The summed E-state index contributed by atoms with van der Waals surface area (Å²) in [7, 11) is 0. The lowest BCUT2D eigenvalue weighted by atomic mass is 10.00. The maximum absolute atomic E-state index is 10.3. The fourth-order valence-corrected chi connectivity index (χ4v) is 3.38. The molecule has 1 aliphatic heterocycles. The topological polar surface area (TPSA) is 73.0 Å². The molecule has 0 spiro atoms. The first-order chi connectivity index (χ1) is 11.7. The number of aryl methyl sites for hydroxylation is 1. The van der Waals surface area contributed by atoms with Gasteiger partial charge in [-0.1, -0.05) is 11.6 Å². The van der Waals surface area contributed by atoms with Crippen molar-refractivity contribution in [3.63, 3.8) is 0 Å². The number of nitrogens with zero attached hydrogens (tertiary/aromatic N) is 1. The monoisotopic (exact) mass is 322 g/mol. The predicted octanol–water partition coefficient (Wildman–Crippen LogP) is 3.41. The first-order valence-electron chi connectivity index (χ1n) is 8.46. The van der Waals surface area contributed by atoms with E-state index in [9.17, 15) is 5.11 Å². The van der Waals surface area contributed by atoms with Gasteiger partial charge in [-0.15, -0.1) is 0 Å². The summed E-state index contributed by atoms with van der Waals surface area (Å²) in [5, 5.41) is 18.3. The number of phenolic OH excluding ortho intramolecular Hbond substituents is 1. The Morgan fingerprint density at radius 3 is 2.79 bits per heavy atom. The Kier molecular flexibility index (Phi) is 3.86. The van der Waals surface area contributed by atoms with E-state index in [0.717, 1.165) is 59.5 Å². The molecule has 0 bridgehead atoms. The van der Waals surface area contributed by atoms with Crippen LogP contribution in [0.2, 0.25) is 0 Å². The van der Waals surface area contributed by atoms with Gasteiger partial charge in [0.15, 0.2) is 0 Å². The highest BCUT2D eigenvalue weighted by Crippen LogP contribution is 2.36. The third-order valence-electron chi connectivity index (χ3n) is 4.66. The third-order valence-corrected chi connectivity index (χ3v) is 4.66. The van der Waals surface area contributed by atoms with Crippen LogP contribution in [0.3, 0.4) is 0 Å². The molecule has 4 N–H and O–H groups in total. The summed E-state index contributed by atoms with van der Waals surface area (Å²) >= 11 is 0. The lowest BCUT2D eigenvalue weighted by Gasteiger charge is -2.24. The zero-order valence-electron chi connectivity index (χ0n) is 13.8. The van der Waals surface area contributed by atoms with E-state index in [1.807, 2.05) is 37.4 Å². The van der Waals surface area contributed by atoms with Gasteiger partial charge in [-0.25, -0.2) is 4.98 Å². The number of H-pyrrole nitrogens is 1. The number of aromatic hydroxyl groups is 1. The van der Waals surface area contributed by atoms with Crippen molar-refractivity contribution in [3.05, 3.63) is 42.1 Å². The van der Waals surface area contributed by atoms with Crippen LogP contribution in [0.5, 0.6) is 5.75 Å². The van der Waals surface area contributed by atoms with Crippen LogP contribution < -0.4 is 10.6 Å². The van der Waals surface area contributed by atoms with E-state index in [2.05, 4.69) is 15.6 Å². The molecule has 0 atom stereocenters. The van der Waals surface area contributed by atoms with Crippen molar-refractivity contribution in [2.45, 2.75) is 25.8 Å². The van der Waals surface area contributed by atoms with Crippen molar-refractivity contribution in [3.8, 4) is 16.9 Å². The zero-order valence-corrected chi connectivity index (χ0v) is 13.8. The number of aromatic amines is 1. The molecule has 1 aliphatic rings. The quantitative estimate of drug-likeness (QED) is 0.596. The largest absolute Gasteiger partial charge is 0.507 e. The molecular formula is C19H22N4O. The van der Waals surface area contributed by atoms with Gasteiger partial charge in [0.05, 0.1) is 0 Å². The van der Waals surface area contributed by atoms with Gasteiger partial charge in [-0.05, 0) is 57.1 Å². The summed E-state index contributed by atoms with van der Waals surface area (Å²) < 4.78 is 0. The number of rotatable bonds is 3. The van der Waals surface area contributed by atoms with Gasteiger partial charge in [0, 0.05) is 28.8 Å². The minimum Gasteiger partial charge on any atom is -0.507 e. The number of hydrogen-bond donors (Lipinski definition) is 4. The van der Waals surface area contributed by atoms with Gasteiger partial charge in [0.1, 0.15) is 17.2 Å². The molecular weight excluding hydrogens is 300 g/mol. The smallest absolute Gasteiger partial charge is 0.140 e. The lowest BCUT2D eigenvalue weighted by Crippen LogP contribution is -2.35. The standard InChI is InChI=1S/C19H22N4O/c1-12-2-3-17(24)16(10-12)15-11-18(22-13-4-7-20-8-5-13)23-19-14(15)6-9-21-19/h2-3,6,9-11,13,20,24H,4-5,7-8H2,1H3,(H2,21,22,23). The summed E-state index contributed by atoms with van der Waals surface area (Å²) in [5.74, 6) is 1.15. The highest BCUT2D eigenvalue weighted by atomic mass is 16.3. The second-order valence-corrected chi connectivity index (χ2v) is 6.48. The summed E-state index contributed by atoms with van der Waals surface area (Å²) in [5.41, 5.74) is 3.80. The van der Waals surface area contributed by atoms with Crippen molar-refractivity contribution in [2.75, 3.05) is 18.4 Å². The molecule has 0 aliphatic carbocycles. The summed E-state index contributed by atoms with van der Waals surface area (Å²) in [6.07, 6.45) is 4.08. The molecule has 1 saturated heterocycles. The Hall–Kier alpha value is -2.53. The van der Waals surface area contributed by atoms with Crippen LogP contribution in [0.1, 0.15) is 18.4 Å². The van der Waals surface area contributed by atoms with Crippen molar-refractivity contribution in [1.29, 1.82) is 0 Å². The number of aromatic nitrogens is 2. The average molecular weight is 322 g/mol. The Balaban J connectivity index is 1.79. The molecule has 2 aromatic heterocycles. The molecule has 1 fully saturated rings. The van der Waals surface area contributed by atoms with E-state index < -0.39 is 0 Å². The van der Waals surface area contributed by atoms with E-state index in [-0.39, 0.29) is 0 Å². The van der Waals surface area contributed by atoms with Gasteiger partial charge < -0.3 is 20.7 Å². The SMILES string of the molecule is Cc1ccc(O)c(-c2cc(NC3CCNCC3)nc3[nH]ccc23)c1. The van der Waals surface area contributed by atoms with Crippen molar-refractivity contribution in [2.24, 2.45) is 0 Å². The molecule has 3 heterocycles. The Morgan fingerprint density at radius 1 is 1.12 bits per heavy atom. The number of phenols is 1. The lowest BCUT2D eigenvalue weighted by molar-refractivity contribution is 0.477. The first kappa shape index (κ1) is 15.0. The first-order valence-corrected chi connectivity index (χ1v) is 8.46. The maximum atomic E-state index is 10.3. The van der Waals surface area contributed by atoms with Crippen LogP contribution >= 0.6 is 0 Å². The number of pyridine rings is 1. The molecule has 0 unspecified atom stereocenters. The van der Waals surface area contributed by atoms with Crippen LogP contribution in [-0.2, 0) is 0 Å². The zero-order chi connectivity index (χ0) is 16.5. The van der Waals surface area contributed by atoms with E-state index in [1.54, 1.807) is 6.07 Å². The number of benzene rings is 1. The van der Waals surface area contributed by atoms with Crippen LogP contribution in [0, 0.1) is 6.92 Å². The van der Waals surface area contributed by atoms with Gasteiger partial charge in [0.2, 0.25) is 0 Å². The van der Waals surface area contributed by atoms with Gasteiger partial charge in [-0.3, -0.25) is 0 Å². The fourth-order valence-electron chi connectivity index (χ4n) is 3.38. The summed E-state index contributed by atoms with van der Waals surface area (Å²) in [6, 6.07) is 10.2. The molecule has 5 heteroatoms. The van der Waals surface area contributed by atoms with Crippen molar-refractivity contribution in [1.82, 2.24) is 15.3 Å². The van der Waals surface area contributed by atoms with E-state index in [0.29, 0.717) is 11.8 Å². The van der Waals surface area contributed by atoms with Gasteiger partial charge in [-0.2, -0.15) is 0 Å². The third kappa shape index (κ3) is 2.83. The highest BCUT2D eigenvalue weighted by molar-refractivity contribution is 5.96. The Morgan fingerprint density at radius 2 is 1.96 bits per heavy atom. The van der Waals surface area contributed by atoms with E-state index >= 15 is 0 Å². The molecule has 0 amide bonds. The minimum atomic E-state index is 0.294. The van der Waals surface area contributed by atoms with E-state index in [1.165, 1.54) is 0 Å². The Bertz CT molecular complexity index is 865. The molecule has 5 nitrogen and oxygen atoms in total. The number of hydrogen-bond acceptors (Lipinski definition) is 4. The van der Waals surface area contributed by atoms with Crippen LogP contribution in [0.4, 0.5) is 5.82 Å². The maximum Gasteiger partial charge on any atom is 0.140 e. The van der Waals surface area contributed by atoms with Crippen LogP contribution in [-0.4, -0.2) is 34.2 Å². The number of nitrogens with one attached hydrogen (secondary N) is 3. The number of piperidine rings is 1.